The Morgan fingerprint density at radius 2 is 2.22 bits per heavy atom. The Morgan fingerprint density at radius 1 is 1.67 bits per heavy atom. The van der Waals surface area contributed by atoms with E-state index in [9.17, 15) is 4.79 Å². The summed E-state index contributed by atoms with van der Waals surface area (Å²) in [5.41, 5.74) is -0.660. The monoisotopic (exact) mass is 130 g/mol. The first-order valence-electron chi connectivity index (χ1n) is 2.29. The van der Waals surface area contributed by atoms with Gasteiger partial charge in [0.2, 0.25) is 5.88 Å². The summed E-state index contributed by atoms with van der Waals surface area (Å²) in [4.78, 5) is 10.5. The van der Waals surface area contributed by atoms with Crippen molar-refractivity contribution in [2.45, 2.75) is 0 Å². The summed E-state index contributed by atoms with van der Waals surface area (Å²) in [6, 6.07) is 0. The van der Waals surface area contributed by atoms with Crippen molar-refractivity contribution < 1.29 is 10.3 Å². The van der Waals surface area contributed by atoms with Gasteiger partial charge in [-0.2, -0.15) is 0 Å². The molecule has 0 aromatic carbocycles. The van der Waals surface area contributed by atoms with Crippen LogP contribution in [0, 0.1) is 0 Å². The molecule has 0 bridgehead atoms. The molecule has 0 aliphatic carbocycles. The van der Waals surface area contributed by atoms with Crippen molar-refractivity contribution in [2.75, 3.05) is 0 Å². The van der Waals surface area contributed by atoms with E-state index in [0.29, 0.717) is 0 Å². The van der Waals surface area contributed by atoms with Gasteiger partial charge in [0.15, 0.2) is 0 Å². The number of hydrogen-bond donors (Lipinski definition) is 2. The molecule has 0 spiro atoms. The summed E-state index contributed by atoms with van der Waals surface area (Å²) in [7, 11) is 1.43. The van der Waals surface area contributed by atoms with Gasteiger partial charge < -0.3 is 10.3 Å². The van der Waals surface area contributed by atoms with E-state index < -0.39 is 11.6 Å². The van der Waals surface area contributed by atoms with E-state index >= 15 is 0 Å². The molecule has 1 heterocycles. The Labute approximate surface area is 50.3 Å². The first-order valence-corrected chi connectivity index (χ1v) is 2.29. The molecule has 1 aromatic heterocycles. The zero-order valence-corrected chi connectivity index (χ0v) is 4.77. The fraction of sp³-hybridized carbons (Fsp3) is 0.250. The first-order chi connectivity index (χ1) is 4.13. The van der Waals surface area contributed by atoms with Crippen LogP contribution in [-0.4, -0.2) is 19.6 Å². The highest BCUT2D eigenvalue weighted by atomic mass is 16.5. The Bertz CT molecular complexity index is 272. The first kappa shape index (κ1) is 5.74. The summed E-state index contributed by atoms with van der Waals surface area (Å²) in [5.74, 6) is -0.456. The van der Waals surface area contributed by atoms with Crippen molar-refractivity contribution >= 4 is 0 Å². The van der Waals surface area contributed by atoms with Crippen LogP contribution in [0.5, 0.6) is 5.88 Å². The van der Waals surface area contributed by atoms with E-state index in [1.165, 1.54) is 7.05 Å². The van der Waals surface area contributed by atoms with Crippen molar-refractivity contribution in [3.8, 4) is 5.88 Å². The quantitative estimate of drug-likeness (QED) is 0.448. The minimum absolute atomic E-state index is 0.167. The maximum absolute atomic E-state index is 10.5. The second kappa shape index (κ2) is 1.54. The normalized spacial score (nSPS) is 9.89. The predicted molar refractivity (Wildman–Crippen MR) is 28.5 cm³/mol. The molecule has 50 valence electrons. The molecule has 0 saturated carbocycles. The van der Waals surface area contributed by atoms with Crippen LogP contribution in [-0.2, 0) is 7.05 Å². The molecule has 0 unspecified atom stereocenters. The van der Waals surface area contributed by atoms with Crippen LogP contribution in [0.25, 0.3) is 0 Å². The van der Waals surface area contributed by atoms with Crippen LogP contribution >= 0.6 is 0 Å². The zero-order valence-electron chi connectivity index (χ0n) is 4.77. The number of imidazole rings is 1. The third kappa shape index (κ3) is 0.658. The van der Waals surface area contributed by atoms with Crippen LogP contribution in [0.2, 0.25) is 0 Å². The molecule has 0 amide bonds. The lowest BCUT2D eigenvalue weighted by Gasteiger charge is -1.84. The summed E-state index contributed by atoms with van der Waals surface area (Å²) in [6.07, 6.45) is 1.11. The van der Waals surface area contributed by atoms with E-state index in [1.807, 2.05) is 0 Å². The molecule has 0 radical (unpaired) electrons. The molecule has 0 fully saturated rings. The smallest absolute Gasteiger partial charge is 0.364 e. The number of hydrogen-bond acceptors (Lipinski definition) is 3. The van der Waals surface area contributed by atoms with Gasteiger partial charge in [-0.3, -0.25) is 4.57 Å². The molecule has 9 heavy (non-hydrogen) atoms. The molecule has 5 heteroatoms. The largest absolute Gasteiger partial charge is 0.491 e. The lowest BCUT2D eigenvalue weighted by molar-refractivity contribution is 0.145. The van der Waals surface area contributed by atoms with E-state index in [4.69, 9.17) is 10.3 Å². The predicted octanol–water partition coefficient (Wildman–Crippen LogP) is -0.870. The zero-order chi connectivity index (χ0) is 7.02. The molecular formula is C4H6N2O3. The minimum atomic E-state index is -0.660. The number of rotatable bonds is 0. The number of aryl methyl sites for hydroxylation is 1. The van der Waals surface area contributed by atoms with Gasteiger partial charge in [0.1, 0.15) is 0 Å². The average Bonchev–Trinajstić information content (AvgIpc) is 1.98. The lowest BCUT2D eigenvalue weighted by atomic mass is 10.8. The SMILES string of the molecule is Cn1cc(O)n(O)c1=O. The Morgan fingerprint density at radius 3 is 2.33 bits per heavy atom. The van der Waals surface area contributed by atoms with Crippen LogP contribution in [0.4, 0.5) is 0 Å². The van der Waals surface area contributed by atoms with E-state index in [0.717, 1.165) is 10.8 Å². The highest BCUT2D eigenvalue weighted by molar-refractivity contribution is 5.01. The van der Waals surface area contributed by atoms with Crippen LogP contribution < -0.4 is 5.69 Å². The molecular weight excluding hydrogens is 124 g/mol. The van der Waals surface area contributed by atoms with Crippen LogP contribution in [0.1, 0.15) is 0 Å². The maximum atomic E-state index is 10.5. The Hall–Kier alpha value is -1.39. The fourth-order valence-electron chi connectivity index (χ4n) is 0.531. The van der Waals surface area contributed by atoms with Crippen molar-refractivity contribution in [3.63, 3.8) is 0 Å². The van der Waals surface area contributed by atoms with Crippen molar-refractivity contribution in [2.24, 2.45) is 7.05 Å². The van der Waals surface area contributed by atoms with Crippen molar-refractivity contribution in [1.82, 2.24) is 9.30 Å². The number of aromatic nitrogens is 2. The summed E-state index contributed by atoms with van der Waals surface area (Å²) >= 11 is 0. The molecule has 2 N–H and O–H groups in total. The highest BCUT2D eigenvalue weighted by Crippen LogP contribution is 1.99. The van der Waals surface area contributed by atoms with E-state index in [2.05, 4.69) is 0 Å². The Balaban J connectivity index is 3.48. The van der Waals surface area contributed by atoms with Crippen molar-refractivity contribution in [1.29, 1.82) is 0 Å². The van der Waals surface area contributed by atoms with Gasteiger partial charge >= 0.3 is 5.69 Å². The van der Waals surface area contributed by atoms with Gasteiger partial charge in [-0.25, -0.2) is 4.79 Å². The fourth-order valence-corrected chi connectivity index (χ4v) is 0.531. The number of aromatic hydroxyl groups is 1. The second-order valence-electron chi connectivity index (χ2n) is 1.69. The third-order valence-corrected chi connectivity index (χ3v) is 1.01. The Kier molecular flexibility index (Phi) is 0.985. The van der Waals surface area contributed by atoms with Gasteiger partial charge in [-0.1, -0.05) is 4.73 Å². The molecule has 5 nitrogen and oxygen atoms in total. The second-order valence-corrected chi connectivity index (χ2v) is 1.69. The topological polar surface area (TPSA) is 67.4 Å². The molecule has 0 saturated heterocycles. The van der Waals surface area contributed by atoms with E-state index in [-0.39, 0.29) is 4.73 Å². The molecule has 0 aliphatic heterocycles. The summed E-state index contributed by atoms with van der Waals surface area (Å²) in [5, 5.41) is 17.2. The average molecular weight is 130 g/mol. The van der Waals surface area contributed by atoms with Crippen LogP contribution in [0.3, 0.4) is 0 Å². The van der Waals surface area contributed by atoms with E-state index in [1.54, 1.807) is 0 Å². The molecule has 1 aromatic rings. The third-order valence-electron chi connectivity index (χ3n) is 1.01. The lowest BCUT2D eigenvalue weighted by Crippen LogP contribution is -2.19. The maximum Gasteiger partial charge on any atom is 0.364 e. The number of nitrogens with zero attached hydrogens (tertiary/aromatic N) is 2. The van der Waals surface area contributed by atoms with Gasteiger partial charge in [0.25, 0.3) is 0 Å². The minimum Gasteiger partial charge on any atom is -0.491 e. The standard InChI is InChI=1S/C4H6N2O3/c1-5-2-3(7)6(9)4(5)8/h2,7,9H,1H3. The van der Waals surface area contributed by atoms with Gasteiger partial charge in [0, 0.05) is 7.05 Å². The highest BCUT2D eigenvalue weighted by Gasteiger charge is 2.03. The summed E-state index contributed by atoms with van der Waals surface area (Å²) in [6.45, 7) is 0. The van der Waals surface area contributed by atoms with Gasteiger partial charge in [-0.15, -0.1) is 0 Å². The van der Waals surface area contributed by atoms with Crippen molar-refractivity contribution in [3.05, 3.63) is 16.7 Å². The summed E-state index contributed by atoms with van der Waals surface area (Å²) < 4.78 is 1.23. The molecule has 0 aliphatic rings. The van der Waals surface area contributed by atoms with Gasteiger partial charge in [-0.05, 0) is 0 Å². The van der Waals surface area contributed by atoms with Gasteiger partial charge in [0.05, 0.1) is 6.20 Å². The molecule has 1 rings (SSSR count). The molecule has 0 atom stereocenters. The van der Waals surface area contributed by atoms with Crippen LogP contribution in [0.15, 0.2) is 11.0 Å².